The van der Waals surface area contributed by atoms with Gasteiger partial charge >= 0.3 is 18.2 Å². The van der Waals surface area contributed by atoms with Gasteiger partial charge in [0.15, 0.2) is 0 Å². The van der Waals surface area contributed by atoms with Crippen molar-refractivity contribution in [1.29, 1.82) is 0 Å². The van der Waals surface area contributed by atoms with Crippen LogP contribution in [-0.4, -0.2) is 70.8 Å². The van der Waals surface area contributed by atoms with Crippen LogP contribution in [0.4, 0.5) is 9.59 Å². The van der Waals surface area contributed by atoms with Crippen LogP contribution in [0, 0.1) is 5.41 Å². The van der Waals surface area contributed by atoms with Crippen LogP contribution in [0.5, 0.6) is 0 Å². The fourth-order valence-corrected chi connectivity index (χ4v) is 3.19. The van der Waals surface area contributed by atoms with Crippen molar-refractivity contribution in [1.82, 2.24) is 15.5 Å². The molecule has 0 saturated heterocycles. The molecular weight excluding hydrogens is 446 g/mol. The SMILES string of the molecule is CC(C)(C)OC(=O)NCC(CNC(=O)OC(C)(C)C)(CN1C(=O)c2ccccc2C1=O)C(=O)O. The smallest absolute Gasteiger partial charge is 0.407 e. The number of ether oxygens (including phenoxy) is 2. The van der Waals surface area contributed by atoms with E-state index >= 15 is 0 Å². The van der Waals surface area contributed by atoms with Gasteiger partial charge < -0.3 is 25.2 Å². The Morgan fingerprint density at radius 1 is 0.824 bits per heavy atom. The van der Waals surface area contributed by atoms with Crippen molar-refractivity contribution in [2.75, 3.05) is 19.6 Å². The number of carbonyl (C=O) groups excluding carboxylic acids is 4. The summed E-state index contributed by atoms with van der Waals surface area (Å²) in [6, 6.07) is 6.12. The zero-order valence-corrected chi connectivity index (χ0v) is 20.2. The van der Waals surface area contributed by atoms with Gasteiger partial charge in [-0.2, -0.15) is 0 Å². The molecule has 11 heteroatoms. The zero-order chi connectivity index (χ0) is 25.9. The minimum absolute atomic E-state index is 0.145. The second kappa shape index (κ2) is 9.70. The number of alkyl carbamates (subject to hydrolysis) is 2. The summed E-state index contributed by atoms with van der Waals surface area (Å²) >= 11 is 0. The standard InChI is InChI=1S/C23H31N3O8/c1-21(2,3)33-19(31)24-11-23(18(29)30,12-25-20(32)34-22(4,5)6)13-26-16(27)14-9-7-8-10-15(14)17(26)28/h7-10H,11-13H2,1-6H3,(H,24,31)(H,25,32)(H,29,30). The first-order chi connectivity index (χ1) is 15.5. The van der Waals surface area contributed by atoms with E-state index in [9.17, 15) is 29.1 Å². The van der Waals surface area contributed by atoms with E-state index < -0.39 is 66.2 Å². The molecule has 1 aromatic carbocycles. The van der Waals surface area contributed by atoms with Crippen LogP contribution < -0.4 is 10.6 Å². The fourth-order valence-electron chi connectivity index (χ4n) is 3.19. The molecule has 34 heavy (non-hydrogen) atoms. The number of carboxylic acids is 1. The van der Waals surface area contributed by atoms with Crippen LogP contribution in [0.1, 0.15) is 62.3 Å². The minimum Gasteiger partial charge on any atom is -0.481 e. The minimum atomic E-state index is -1.97. The molecule has 0 bridgehead atoms. The van der Waals surface area contributed by atoms with E-state index in [4.69, 9.17) is 9.47 Å². The summed E-state index contributed by atoms with van der Waals surface area (Å²) < 4.78 is 10.3. The summed E-state index contributed by atoms with van der Waals surface area (Å²) in [5.41, 5.74) is -3.36. The molecule has 0 aliphatic carbocycles. The molecule has 186 valence electrons. The highest BCUT2D eigenvalue weighted by molar-refractivity contribution is 6.21. The van der Waals surface area contributed by atoms with Crippen molar-refractivity contribution < 1.29 is 38.6 Å². The van der Waals surface area contributed by atoms with E-state index in [1.807, 2.05) is 0 Å². The largest absolute Gasteiger partial charge is 0.481 e. The normalized spacial score (nSPS) is 13.9. The monoisotopic (exact) mass is 477 g/mol. The molecule has 1 aliphatic rings. The molecular formula is C23H31N3O8. The number of hydrogen-bond acceptors (Lipinski definition) is 7. The molecule has 0 atom stereocenters. The van der Waals surface area contributed by atoms with E-state index in [0.717, 1.165) is 4.90 Å². The van der Waals surface area contributed by atoms with Crippen molar-refractivity contribution in [3.63, 3.8) is 0 Å². The van der Waals surface area contributed by atoms with Crippen LogP contribution >= 0.6 is 0 Å². The van der Waals surface area contributed by atoms with E-state index in [0.29, 0.717) is 0 Å². The Morgan fingerprint density at radius 3 is 1.53 bits per heavy atom. The zero-order valence-electron chi connectivity index (χ0n) is 20.2. The summed E-state index contributed by atoms with van der Waals surface area (Å²) in [5.74, 6) is -2.78. The summed E-state index contributed by atoms with van der Waals surface area (Å²) in [5, 5.41) is 14.9. The number of carbonyl (C=O) groups is 5. The quantitative estimate of drug-likeness (QED) is 0.507. The van der Waals surface area contributed by atoms with Gasteiger partial charge in [-0.25, -0.2) is 9.59 Å². The number of nitrogens with one attached hydrogen (secondary N) is 2. The maximum absolute atomic E-state index is 12.8. The fraction of sp³-hybridized carbons (Fsp3) is 0.522. The van der Waals surface area contributed by atoms with Gasteiger partial charge in [-0.1, -0.05) is 12.1 Å². The summed E-state index contributed by atoms with van der Waals surface area (Å²) in [6.07, 6.45) is -1.78. The molecule has 0 fully saturated rings. The Morgan fingerprint density at radius 2 is 1.21 bits per heavy atom. The molecule has 1 aromatic rings. The topological polar surface area (TPSA) is 151 Å². The second-order valence-electron chi connectivity index (χ2n) is 10.0. The van der Waals surface area contributed by atoms with Crippen molar-refractivity contribution in [3.8, 4) is 0 Å². The molecule has 4 amide bonds. The molecule has 0 unspecified atom stereocenters. The summed E-state index contributed by atoms with van der Waals surface area (Å²) in [6.45, 7) is 8.14. The highest BCUT2D eigenvalue weighted by Gasteiger charge is 2.47. The molecule has 1 heterocycles. The van der Waals surface area contributed by atoms with Gasteiger partial charge in [-0.05, 0) is 53.7 Å². The van der Waals surface area contributed by atoms with Crippen LogP contribution in [0.2, 0.25) is 0 Å². The molecule has 0 saturated carbocycles. The van der Waals surface area contributed by atoms with Gasteiger partial charge in [0.25, 0.3) is 11.8 Å². The Hall–Kier alpha value is -3.63. The number of hydrogen-bond donors (Lipinski definition) is 3. The first kappa shape index (κ1) is 26.6. The highest BCUT2D eigenvalue weighted by Crippen LogP contribution is 2.28. The highest BCUT2D eigenvalue weighted by atomic mass is 16.6. The lowest BCUT2D eigenvalue weighted by atomic mass is 9.86. The number of rotatable bonds is 7. The van der Waals surface area contributed by atoms with Gasteiger partial charge in [0, 0.05) is 19.6 Å². The van der Waals surface area contributed by atoms with E-state index in [2.05, 4.69) is 10.6 Å². The molecule has 0 radical (unpaired) electrons. The third kappa shape index (κ3) is 6.69. The van der Waals surface area contributed by atoms with E-state index in [1.165, 1.54) is 12.1 Å². The summed E-state index contributed by atoms with van der Waals surface area (Å²) in [7, 11) is 0. The van der Waals surface area contributed by atoms with Crippen molar-refractivity contribution in [3.05, 3.63) is 35.4 Å². The lowest BCUT2D eigenvalue weighted by molar-refractivity contribution is -0.148. The van der Waals surface area contributed by atoms with Gasteiger partial charge in [0.1, 0.15) is 16.6 Å². The number of fused-ring (bicyclic) bond motifs is 1. The third-order valence-electron chi connectivity index (χ3n) is 4.73. The first-order valence-electron chi connectivity index (χ1n) is 10.7. The molecule has 2 rings (SSSR count). The first-order valence-corrected chi connectivity index (χ1v) is 10.7. The van der Waals surface area contributed by atoms with Crippen LogP contribution in [0.15, 0.2) is 24.3 Å². The predicted molar refractivity (Wildman–Crippen MR) is 120 cm³/mol. The van der Waals surface area contributed by atoms with E-state index in [1.54, 1.807) is 53.7 Å². The van der Waals surface area contributed by atoms with Crippen LogP contribution in [-0.2, 0) is 14.3 Å². The Labute approximate surface area is 197 Å². The average molecular weight is 478 g/mol. The number of aliphatic carboxylic acids is 1. The van der Waals surface area contributed by atoms with Crippen LogP contribution in [0.25, 0.3) is 0 Å². The van der Waals surface area contributed by atoms with Crippen molar-refractivity contribution >= 4 is 30.0 Å². The molecule has 11 nitrogen and oxygen atoms in total. The Balaban J connectivity index is 2.32. The van der Waals surface area contributed by atoms with Gasteiger partial charge in [-0.15, -0.1) is 0 Å². The van der Waals surface area contributed by atoms with Crippen LogP contribution in [0.3, 0.4) is 0 Å². The third-order valence-corrected chi connectivity index (χ3v) is 4.73. The summed E-state index contributed by atoms with van der Waals surface area (Å²) in [4.78, 5) is 63.4. The second-order valence-corrected chi connectivity index (χ2v) is 10.0. The lowest BCUT2D eigenvalue weighted by Crippen LogP contribution is -2.57. The van der Waals surface area contributed by atoms with Crippen molar-refractivity contribution in [2.24, 2.45) is 5.41 Å². The molecule has 1 aliphatic heterocycles. The Kier molecular flexibility index (Phi) is 7.59. The maximum atomic E-state index is 12.8. The number of nitrogens with zero attached hydrogens (tertiary/aromatic N) is 1. The average Bonchev–Trinajstić information content (AvgIpc) is 2.92. The molecule has 0 spiro atoms. The lowest BCUT2D eigenvalue weighted by Gasteiger charge is -2.33. The predicted octanol–water partition coefficient (Wildman–Crippen LogP) is 2.40. The maximum Gasteiger partial charge on any atom is 0.407 e. The van der Waals surface area contributed by atoms with Gasteiger partial charge in [-0.3, -0.25) is 19.3 Å². The number of amides is 4. The molecule has 0 aromatic heterocycles. The van der Waals surface area contributed by atoms with E-state index in [-0.39, 0.29) is 11.1 Å². The van der Waals surface area contributed by atoms with Gasteiger partial charge in [0.05, 0.1) is 11.1 Å². The Bertz CT molecular complexity index is 924. The number of benzene rings is 1. The number of carboxylic acid groups (broad SMARTS) is 1. The number of imide groups is 1. The van der Waals surface area contributed by atoms with Gasteiger partial charge in [0.2, 0.25) is 0 Å². The molecule has 3 N–H and O–H groups in total. The van der Waals surface area contributed by atoms with Crippen molar-refractivity contribution in [2.45, 2.75) is 52.7 Å².